The summed E-state index contributed by atoms with van der Waals surface area (Å²) in [4.78, 5) is 37.0. The molecule has 3 amide bonds. The van der Waals surface area contributed by atoms with E-state index in [2.05, 4.69) is 20.9 Å². The topological polar surface area (TPSA) is 125 Å². The van der Waals surface area contributed by atoms with E-state index in [0.717, 1.165) is 6.42 Å². The number of hydrogen-bond donors (Lipinski definition) is 4. The molecule has 116 valence electrons. The molecule has 0 fully saturated rings. The number of nitrogens with one attached hydrogen (secondary N) is 3. The van der Waals surface area contributed by atoms with Crippen LogP contribution in [0.4, 0.5) is 4.79 Å². The molecular formula is C12H19N5O4. The van der Waals surface area contributed by atoms with Gasteiger partial charge in [-0.2, -0.15) is 0 Å². The molecule has 0 unspecified atom stereocenters. The first-order valence-corrected chi connectivity index (χ1v) is 6.56. The predicted molar refractivity (Wildman–Crippen MR) is 73.9 cm³/mol. The van der Waals surface area contributed by atoms with Crippen LogP contribution in [0, 0.1) is 0 Å². The van der Waals surface area contributed by atoms with Gasteiger partial charge in [0, 0.05) is 25.8 Å². The van der Waals surface area contributed by atoms with Crippen molar-refractivity contribution in [2.45, 2.75) is 19.9 Å². The number of carbonyl (C=O) groups is 3. The van der Waals surface area contributed by atoms with Crippen LogP contribution in [0.15, 0.2) is 12.5 Å². The van der Waals surface area contributed by atoms with Crippen LogP contribution in [-0.4, -0.2) is 52.2 Å². The molecule has 0 radical (unpaired) electrons. The summed E-state index contributed by atoms with van der Waals surface area (Å²) in [7, 11) is 0. The van der Waals surface area contributed by atoms with E-state index in [1.807, 2.05) is 6.92 Å². The maximum absolute atomic E-state index is 11.4. The second kappa shape index (κ2) is 8.56. The Morgan fingerprint density at radius 2 is 2.00 bits per heavy atom. The average Bonchev–Trinajstić information content (AvgIpc) is 2.92. The second-order valence-electron chi connectivity index (χ2n) is 4.26. The van der Waals surface area contributed by atoms with Crippen molar-refractivity contribution in [2.75, 3.05) is 19.6 Å². The standard InChI is InChI=1S/C12H19N5O4/c1-2-3-13-10(18)6-15-12(21)14-4-5-17-7-9(11(19)20)16-8-17/h7-8H,2-6H2,1H3,(H,13,18)(H,19,20)(H2,14,15,21). The number of nitrogens with zero attached hydrogens (tertiary/aromatic N) is 2. The SMILES string of the molecule is CCCNC(=O)CNC(=O)NCCn1cnc(C(=O)O)c1. The molecule has 21 heavy (non-hydrogen) atoms. The van der Waals surface area contributed by atoms with Crippen molar-refractivity contribution in [3.63, 3.8) is 0 Å². The zero-order chi connectivity index (χ0) is 15.7. The lowest BCUT2D eigenvalue weighted by Gasteiger charge is -2.08. The third kappa shape index (κ3) is 6.41. The quantitative estimate of drug-likeness (QED) is 0.510. The molecule has 1 rings (SSSR count). The number of hydrogen-bond acceptors (Lipinski definition) is 4. The van der Waals surface area contributed by atoms with Gasteiger partial charge in [-0.3, -0.25) is 4.79 Å². The highest BCUT2D eigenvalue weighted by Gasteiger charge is 2.07. The van der Waals surface area contributed by atoms with Gasteiger partial charge in [-0.05, 0) is 6.42 Å². The predicted octanol–water partition coefficient (Wildman–Crippen LogP) is -0.593. The number of imidazole rings is 1. The molecule has 9 nitrogen and oxygen atoms in total. The maximum Gasteiger partial charge on any atom is 0.356 e. The Balaban J connectivity index is 2.18. The van der Waals surface area contributed by atoms with Gasteiger partial charge in [0.05, 0.1) is 12.9 Å². The summed E-state index contributed by atoms with van der Waals surface area (Å²) in [6, 6.07) is -0.458. The van der Waals surface area contributed by atoms with Crippen molar-refractivity contribution in [3.05, 3.63) is 18.2 Å². The number of amides is 3. The first kappa shape index (κ1) is 16.5. The van der Waals surface area contributed by atoms with Crippen LogP contribution in [0.25, 0.3) is 0 Å². The van der Waals surface area contributed by atoms with Crippen LogP contribution in [0.1, 0.15) is 23.8 Å². The van der Waals surface area contributed by atoms with E-state index in [1.54, 1.807) is 4.57 Å². The Hall–Kier alpha value is -2.58. The molecule has 0 aliphatic rings. The molecule has 0 aliphatic carbocycles. The monoisotopic (exact) mass is 297 g/mol. The summed E-state index contributed by atoms with van der Waals surface area (Å²) in [5, 5.41) is 16.3. The normalized spacial score (nSPS) is 9.95. The van der Waals surface area contributed by atoms with Crippen LogP contribution >= 0.6 is 0 Å². The Bertz CT molecular complexity index is 500. The van der Waals surface area contributed by atoms with E-state index >= 15 is 0 Å². The summed E-state index contributed by atoms with van der Waals surface area (Å²) in [5.41, 5.74) is -0.0490. The van der Waals surface area contributed by atoms with Gasteiger partial charge in [-0.25, -0.2) is 14.6 Å². The largest absolute Gasteiger partial charge is 0.476 e. The first-order chi connectivity index (χ1) is 10.0. The summed E-state index contributed by atoms with van der Waals surface area (Å²) < 4.78 is 1.55. The zero-order valence-electron chi connectivity index (χ0n) is 11.8. The maximum atomic E-state index is 11.4. The van der Waals surface area contributed by atoms with Gasteiger partial charge in [0.25, 0.3) is 0 Å². The molecule has 1 aromatic heterocycles. The van der Waals surface area contributed by atoms with Gasteiger partial charge in [0.15, 0.2) is 5.69 Å². The van der Waals surface area contributed by atoms with E-state index in [0.29, 0.717) is 13.1 Å². The van der Waals surface area contributed by atoms with E-state index in [9.17, 15) is 14.4 Å². The van der Waals surface area contributed by atoms with Crippen molar-refractivity contribution >= 4 is 17.9 Å². The van der Waals surface area contributed by atoms with Gasteiger partial charge in [-0.15, -0.1) is 0 Å². The Labute approximate surface area is 121 Å². The smallest absolute Gasteiger partial charge is 0.356 e. The lowest BCUT2D eigenvalue weighted by Crippen LogP contribution is -2.42. The van der Waals surface area contributed by atoms with Crippen molar-refractivity contribution in [1.82, 2.24) is 25.5 Å². The highest BCUT2D eigenvalue weighted by molar-refractivity contribution is 5.85. The van der Waals surface area contributed by atoms with Crippen molar-refractivity contribution in [2.24, 2.45) is 0 Å². The number of aromatic carboxylic acids is 1. The fourth-order valence-electron chi connectivity index (χ4n) is 1.44. The van der Waals surface area contributed by atoms with Crippen molar-refractivity contribution in [1.29, 1.82) is 0 Å². The van der Waals surface area contributed by atoms with Crippen molar-refractivity contribution < 1.29 is 19.5 Å². The minimum atomic E-state index is -1.10. The zero-order valence-corrected chi connectivity index (χ0v) is 11.8. The minimum absolute atomic E-state index is 0.0490. The van der Waals surface area contributed by atoms with Gasteiger partial charge < -0.3 is 25.6 Å². The van der Waals surface area contributed by atoms with Crippen LogP contribution in [0.3, 0.4) is 0 Å². The number of carboxylic acid groups (broad SMARTS) is 1. The third-order valence-electron chi connectivity index (χ3n) is 2.49. The first-order valence-electron chi connectivity index (χ1n) is 6.56. The Kier molecular flexibility index (Phi) is 6.72. The number of rotatable bonds is 8. The summed E-state index contributed by atoms with van der Waals surface area (Å²) in [6.07, 6.45) is 3.59. The van der Waals surface area contributed by atoms with Crippen molar-refractivity contribution in [3.8, 4) is 0 Å². The molecule has 9 heteroatoms. The summed E-state index contributed by atoms with van der Waals surface area (Å²) in [5.74, 6) is -1.34. The number of urea groups is 1. The van der Waals surface area contributed by atoms with Gasteiger partial charge in [-0.1, -0.05) is 6.92 Å². The molecule has 0 aliphatic heterocycles. The fraction of sp³-hybridized carbons (Fsp3) is 0.500. The lowest BCUT2D eigenvalue weighted by molar-refractivity contribution is -0.120. The van der Waals surface area contributed by atoms with E-state index in [4.69, 9.17) is 5.11 Å². The number of carbonyl (C=O) groups excluding carboxylic acids is 2. The Morgan fingerprint density at radius 1 is 1.24 bits per heavy atom. The molecule has 0 spiro atoms. The third-order valence-corrected chi connectivity index (χ3v) is 2.49. The van der Waals surface area contributed by atoms with E-state index in [1.165, 1.54) is 12.5 Å². The van der Waals surface area contributed by atoms with Gasteiger partial charge >= 0.3 is 12.0 Å². The molecule has 0 bridgehead atoms. The number of carboxylic acids is 1. The van der Waals surface area contributed by atoms with Crippen LogP contribution in [0.5, 0.6) is 0 Å². The molecule has 0 atom stereocenters. The molecule has 4 N–H and O–H groups in total. The Morgan fingerprint density at radius 3 is 2.62 bits per heavy atom. The van der Waals surface area contributed by atoms with E-state index in [-0.39, 0.29) is 24.7 Å². The average molecular weight is 297 g/mol. The molecule has 0 aromatic carbocycles. The van der Waals surface area contributed by atoms with Crippen LogP contribution in [-0.2, 0) is 11.3 Å². The lowest BCUT2D eigenvalue weighted by atomic mass is 10.4. The molecule has 0 saturated carbocycles. The second-order valence-corrected chi connectivity index (χ2v) is 4.26. The fourth-order valence-corrected chi connectivity index (χ4v) is 1.44. The molecule has 1 aromatic rings. The van der Waals surface area contributed by atoms with Crippen LogP contribution in [0.2, 0.25) is 0 Å². The van der Waals surface area contributed by atoms with Gasteiger partial charge in [0.2, 0.25) is 5.91 Å². The summed E-state index contributed by atoms with van der Waals surface area (Å²) >= 11 is 0. The van der Waals surface area contributed by atoms with Crippen LogP contribution < -0.4 is 16.0 Å². The van der Waals surface area contributed by atoms with Gasteiger partial charge in [0.1, 0.15) is 0 Å². The summed E-state index contributed by atoms with van der Waals surface area (Å²) in [6.45, 7) is 3.11. The molecular weight excluding hydrogens is 278 g/mol. The highest BCUT2D eigenvalue weighted by atomic mass is 16.4. The highest BCUT2D eigenvalue weighted by Crippen LogP contribution is 1.95. The molecule has 1 heterocycles. The van der Waals surface area contributed by atoms with E-state index < -0.39 is 12.0 Å². The molecule has 0 saturated heterocycles. The number of aromatic nitrogens is 2. The minimum Gasteiger partial charge on any atom is -0.476 e.